The van der Waals surface area contributed by atoms with Crippen molar-refractivity contribution in [3.8, 4) is 11.8 Å². The zero-order valence-corrected chi connectivity index (χ0v) is 7.26. The maximum absolute atomic E-state index is 4.92. The molecule has 3 nitrogen and oxygen atoms in total. The summed E-state index contributed by atoms with van der Waals surface area (Å²) in [6, 6.07) is 3.50. The van der Waals surface area contributed by atoms with Crippen LogP contribution in [-0.2, 0) is 0 Å². The van der Waals surface area contributed by atoms with Crippen molar-refractivity contribution in [1.82, 2.24) is 4.98 Å². The fourth-order valence-electron chi connectivity index (χ4n) is 0.680. The Bertz CT molecular complexity index is 252. The Labute approximate surface area is 70.8 Å². The van der Waals surface area contributed by atoms with E-state index in [1.807, 2.05) is 0 Å². The van der Waals surface area contributed by atoms with E-state index in [0.717, 1.165) is 0 Å². The highest BCUT2D eigenvalue weighted by molar-refractivity contribution is 7.80. The standard InChI is InChI=1S/C7H9NO2S/c1-9-6-4-3-5(11)7(8-6)10-2/h3-4,11H,1-2H3. The third kappa shape index (κ3) is 1.77. The molecule has 1 aromatic rings. The average molecular weight is 171 g/mol. The highest BCUT2D eigenvalue weighted by atomic mass is 32.1. The predicted octanol–water partition coefficient (Wildman–Crippen LogP) is 1.39. The van der Waals surface area contributed by atoms with E-state index in [1.54, 1.807) is 26.4 Å². The maximum Gasteiger partial charge on any atom is 0.230 e. The molecule has 0 aliphatic heterocycles. The average Bonchev–Trinajstić information content (AvgIpc) is 2.05. The van der Waals surface area contributed by atoms with E-state index < -0.39 is 0 Å². The van der Waals surface area contributed by atoms with Crippen LogP contribution in [0.5, 0.6) is 11.8 Å². The molecule has 60 valence electrons. The molecule has 0 fully saturated rings. The van der Waals surface area contributed by atoms with Gasteiger partial charge < -0.3 is 9.47 Å². The highest BCUT2D eigenvalue weighted by Crippen LogP contribution is 2.22. The van der Waals surface area contributed by atoms with E-state index in [1.165, 1.54) is 0 Å². The summed E-state index contributed by atoms with van der Waals surface area (Å²) in [5.74, 6) is 1.01. The van der Waals surface area contributed by atoms with Crippen molar-refractivity contribution in [3.63, 3.8) is 0 Å². The summed E-state index contributed by atoms with van der Waals surface area (Å²) in [6.45, 7) is 0. The van der Waals surface area contributed by atoms with Gasteiger partial charge >= 0.3 is 0 Å². The van der Waals surface area contributed by atoms with Gasteiger partial charge in [-0.15, -0.1) is 12.6 Å². The van der Waals surface area contributed by atoms with Crippen LogP contribution in [0.15, 0.2) is 17.0 Å². The van der Waals surface area contributed by atoms with E-state index in [-0.39, 0.29) is 0 Å². The number of pyridine rings is 1. The molecule has 0 atom stereocenters. The minimum Gasteiger partial charge on any atom is -0.481 e. The Morgan fingerprint density at radius 1 is 1.27 bits per heavy atom. The van der Waals surface area contributed by atoms with Crippen molar-refractivity contribution in [3.05, 3.63) is 12.1 Å². The minimum atomic E-state index is 0.479. The number of nitrogens with zero attached hydrogens (tertiary/aromatic N) is 1. The Kier molecular flexibility index (Phi) is 2.59. The van der Waals surface area contributed by atoms with E-state index in [0.29, 0.717) is 16.7 Å². The van der Waals surface area contributed by atoms with Crippen LogP contribution in [0.3, 0.4) is 0 Å². The normalized spacial score (nSPS) is 9.36. The van der Waals surface area contributed by atoms with Crippen molar-refractivity contribution in [2.24, 2.45) is 0 Å². The molecule has 0 amide bonds. The third-order valence-electron chi connectivity index (χ3n) is 1.22. The molecule has 11 heavy (non-hydrogen) atoms. The first kappa shape index (κ1) is 8.20. The zero-order valence-electron chi connectivity index (χ0n) is 6.37. The number of methoxy groups -OCH3 is 2. The number of aromatic nitrogens is 1. The van der Waals surface area contributed by atoms with Crippen molar-refractivity contribution in [2.45, 2.75) is 4.90 Å². The van der Waals surface area contributed by atoms with Crippen LogP contribution < -0.4 is 9.47 Å². The van der Waals surface area contributed by atoms with Crippen LogP contribution in [0.4, 0.5) is 0 Å². The van der Waals surface area contributed by atoms with Gasteiger partial charge in [0.15, 0.2) is 0 Å². The molecule has 0 saturated heterocycles. The van der Waals surface area contributed by atoms with Gasteiger partial charge in [0.1, 0.15) is 0 Å². The van der Waals surface area contributed by atoms with Crippen LogP contribution in [0, 0.1) is 0 Å². The summed E-state index contributed by atoms with van der Waals surface area (Å²) >= 11 is 4.12. The van der Waals surface area contributed by atoms with Gasteiger partial charge in [-0.25, -0.2) is 0 Å². The van der Waals surface area contributed by atoms with Gasteiger partial charge in [-0.3, -0.25) is 0 Å². The molecule has 0 saturated carbocycles. The molecular formula is C7H9NO2S. The molecule has 0 unspecified atom stereocenters. The van der Waals surface area contributed by atoms with Crippen molar-refractivity contribution in [2.75, 3.05) is 14.2 Å². The lowest BCUT2D eigenvalue weighted by Crippen LogP contribution is -1.92. The summed E-state index contributed by atoms with van der Waals surface area (Å²) in [5.41, 5.74) is 0. The predicted molar refractivity (Wildman–Crippen MR) is 44.6 cm³/mol. The van der Waals surface area contributed by atoms with Crippen LogP contribution in [0.2, 0.25) is 0 Å². The summed E-state index contributed by atoms with van der Waals surface area (Å²) < 4.78 is 9.81. The van der Waals surface area contributed by atoms with Crippen LogP contribution in [0.1, 0.15) is 0 Å². The SMILES string of the molecule is COc1ccc(S)c(OC)n1. The Balaban J connectivity index is 3.02. The second kappa shape index (κ2) is 3.48. The lowest BCUT2D eigenvalue weighted by Gasteiger charge is -2.03. The first-order chi connectivity index (χ1) is 5.27. The van der Waals surface area contributed by atoms with E-state index >= 15 is 0 Å². The first-order valence-corrected chi connectivity index (χ1v) is 3.50. The molecule has 1 heterocycles. The second-order valence-corrected chi connectivity index (χ2v) is 2.36. The Morgan fingerprint density at radius 3 is 2.55 bits per heavy atom. The number of ether oxygens (including phenoxy) is 2. The van der Waals surface area contributed by atoms with E-state index in [2.05, 4.69) is 17.6 Å². The molecule has 0 bridgehead atoms. The summed E-state index contributed by atoms with van der Waals surface area (Å²) in [7, 11) is 3.10. The second-order valence-electron chi connectivity index (χ2n) is 1.88. The van der Waals surface area contributed by atoms with Gasteiger partial charge in [-0.05, 0) is 6.07 Å². The molecular weight excluding hydrogens is 162 g/mol. The fourth-order valence-corrected chi connectivity index (χ4v) is 0.896. The van der Waals surface area contributed by atoms with Crippen LogP contribution in [0.25, 0.3) is 0 Å². The first-order valence-electron chi connectivity index (χ1n) is 3.06. The molecule has 1 rings (SSSR count). The summed E-state index contributed by atoms with van der Waals surface area (Å²) in [5, 5.41) is 0. The smallest absolute Gasteiger partial charge is 0.230 e. The van der Waals surface area contributed by atoms with Gasteiger partial charge in [0, 0.05) is 6.07 Å². The van der Waals surface area contributed by atoms with Gasteiger partial charge in [0.05, 0.1) is 19.1 Å². The van der Waals surface area contributed by atoms with E-state index in [4.69, 9.17) is 9.47 Å². The molecule has 0 aliphatic rings. The van der Waals surface area contributed by atoms with Crippen molar-refractivity contribution in [1.29, 1.82) is 0 Å². The highest BCUT2D eigenvalue weighted by Gasteiger charge is 2.01. The summed E-state index contributed by atoms with van der Waals surface area (Å²) in [4.78, 5) is 4.69. The topological polar surface area (TPSA) is 31.4 Å². The summed E-state index contributed by atoms with van der Waals surface area (Å²) in [6.07, 6.45) is 0. The van der Waals surface area contributed by atoms with E-state index in [9.17, 15) is 0 Å². The molecule has 1 aromatic heterocycles. The number of rotatable bonds is 2. The number of hydrogen-bond acceptors (Lipinski definition) is 4. The third-order valence-corrected chi connectivity index (χ3v) is 1.56. The van der Waals surface area contributed by atoms with Crippen molar-refractivity contribution >= 4 is 12.6 Å². The van der Waals surface area contributed by atoms with Crippen LogP contribution >= 0.6 is 12.6 Å². The molecule has 0 aliphatic carbocycles. The van der Waals surface area contributed by atoms with Gasteiger partial charge in [-0.2, -0.15) is 4.98 Å². The van der Waals surface area contributed by atoms with Gasteiger partial charge in [0.2, 0.25) is 11.8 Å². The minimum absolute atomic E-state index is 0.479. The fraction of sp³-hybridized carbons (Fsp3) is 0.286. The molecule has 4 heteroatoms. The largest absolute Gasteiger partial charge is 0.481 e. The monoisotopic (exact) mass is 171 g/mol. The lowest BCUT2D eigenvalue weighted by atomic mass is 10.5. The Hall–Kier alpha value is -0.900. The lowest BCUT2D eigenvalue weighted by molar-refractivity contribution is 0.357. The Morgan fingerprint density at radius 2 is 2.00 bits per heavy atom. The number of hydrogen-bond donors (Lipinski definition) is 1. The van der Waals surface area contributed by atoms with Gasteiger partial charge in [-0.1, -0.05) is 0 Å². The molecule has 0 spiro atoms. The molecule has 0 aromatic carbocycles. The van der Waals surface area contributed by atoms with Gasteiger partial charge in [0.25, 0.3) is 0 Å². The van der Waals surface area contributed by atoms with Crippen molar-refractivity contribution < 1.29 is 9.47 Å². The zero-order chi connectivity index (χ0) is 8.27. The molecule has 0 radical (unpaired) electrons. The number of thiol groups is 1. The molecule has 0 N–H and O–H groups in total. The quantitative estimate of drug-likeness (QED) is 0.682. The maximum atomic E-state index is 4.92. The van der Waals surface area contributed by atoms with Crippen LogP contribution in [-0.4, -0.2) is 19.2 Å².